The Morgan fingerprint density at radius 3 is 2.48 bits per heavy atom. The van der Waals surface area contributed by atoms with Crippen LogP contribution in [0.15, 0.2) is 35.5 Å². The minimum Gasteiger partial charge on any atom is -0.481 e. The number of carboxylic acids is 1. The van der Waals surface area contributed by atoms with Crippen LogP contribution in [0.1, 0.15) is 44.1 Å². The number of hydrogen-bond acceptors (Lipinski definition) is 4. The van der Waals surface area contributed by atoms with E-state index in [1.807, 2.05) is 22.8 Å². The first-order chi connectivity index (χ1) is 10.0. The fraction of sp³-hybridized carbons (Fsp3) is 0.400. The molecule has 0 radical (unpaired) electrons. The molecule has 1 aromatic carbocycles. The molecule has 1 aromatic heterocycles. The molecule has 0 bridgehead atoms. The van der Waals surface area contributed by atoms with Crippen LogP contribution in [0.3, 0.4) is 0 Å². The molecule has 2 aromatic rings. The number of aromatic nitrogens is 3. The zero-order valence-electron chi connectivity index (χ0n) is 12.4. The predicted octanol–water partition coefficient (Wildman–Crippen LogP) is 3.19. The Morgan fingerprint density at radius 1 is 1.24 bits per heavy atom. The van der Waals surface area contributed by atoms with E-state index in [0.29, 0.717) is 5.16 Å². The lowest BCUT2D eigenvalue weighted by Gasteiger charge is -2.19. The van der Waals surface area contributed by atoms with Crippen LogP contribution in [0, 0.1) is 0 Å². The van der Waals surface area contributed by atoms with Crippen molar-refractivity contribution in [2.45, 2.75) is 37.9 Å². The van der Waals surface area contributed by atoms with E-state index in [4.69, 9.17) is 5.11 Å². The molecule has 1 N–H and O–H groups in total. The third-order valence-corrected chi connectivity index (χ3v) is 4.13. The van der Waals surface area contributed by atoms with E-state index in [1.165, 1.54) is 11.8 Å². The van der Waals surface area contributed by atoms with E-state index in [1.54, 1.807) is 0 Å². The van der Waals surface area contributed by atoms with Crippen molar-refractivity contribution in [3.8, 4) is 0 Å². The van der Waals surface area contributed by atoms with E-state index < -0.39 is 5.97 Å². The van der Waals surface area contributed by atoms with E-state index >= 15 is 0 Å². The van der Waals surface area contributed by atoms with Crippen LogP contribution in [0.25, 0.3) is 0 Å². The van der Waals surface area contributed by atoms with Crippen molar-refractivity contribution >= 4 is 17.7 Å². The van der Waals surface area contributed by atoms with Crippen molar-refractivity contribution in [1.82, 2.24) is 14.8 Å². The van der Waals surface area contributed by atoms with Crippen molar-refractivity contribution in [1.29, 1.82) is 0 Å². The summed E-state index contributed by atoms with van der Waals surface area (Å²) in [6.45, 7) is 6.20. The van der Waals surface area contributed by atoms with Crippen LogP contribution >= 0.6 is 11.8 Å². The Hall–Kier alpha value is -1.82. The Kier molecular flexibility index (Phi) is 5.01. The van der Waals surface area contributed by atoms with Crippen LogP contribution in [-0.4, -0.2) is 31.6 Å². The molecule has 0 spiro atoms. The van der Waals surface area contributed by atoms with Gasteiger partial charge in [0.15, 0.2) is 5.16 Å². The topological polar surface area (TPSA) is 68.0 Å². The van der Waals surface area contributed by atoms with E-state index in [2.05, 4.69) is 43.1 Å². The summed E-state index contributed by atoms with van der Waals surface area (Å²) in [5.74, 6) is 0.229. The molecule has 5 nitrogen and oxygen atoms in total. The zero-order chi connectivity index (χ0) is 15.4. The first-order valence-electron chi connectivity index (χ1n) is 6.85. The fourth-order valence-electron chi connectivity index (χ4n) is 2.15. The molecular formula is C15H19N3O2S. The molecule has 0 aliphatic carbocycles. The standard InChI is InChI=1S/C15H19N3O2S/c1-10(2)14-16-17-15(21-9-13(19)20)18(14)11(3)12-7-5-4-6-8-12/h4-8,10-11H,9H2,1-3H3,(H,19,20). The summed E-state index contributed by atoms with van der Waals surface area (Å²) in [7, 11) is 0. The number of thioether (sulfide) groups is 1. The van der Waals surface area contributed by atoms with Gasteiger partial charge in [-0.2, -0.15) is 0 Å². The summed E-state index contributed by atoms with van der Waals surface area (Å²) in [4.78, 5) is 10.8. The Morgan fingerprint density at radius 2 is 1.90 bits per heavy atom. The third-order valence-electron chi connectivity index (χ3n) is 3.20. The largest absolute Gasteiger partial charge is 0.481 e. The minimum absolute atomic E-state index is 0.0161. The lowest BCUT2D eigenvalue weighted by molar-refractivity contribution is -0.133. The number of carboxylic acid groups (broad SMARTS) is 1. The third kappa shape index (κ3) is 3.64. The van der Waals surface area contributed by atoms with E-state index in [9.17, 15) is 4.79 Å². The molecule has 2 rings (SSSR count). The van der Waals surface area contributed by atoms with Crippen LogP contribution in [-0.2, 0) is 4.79 Å². The van der Waals surface area contributed by atoms with Gasteiger partial charge in [-0.15, -0.1) is 10.2 Å². The number of benzene rings is 1. The van der Waals surface area contributed by atoms with Crippen LogP contribution in [0.5, 0.6) is 0 Å². The van der Waals surface area contributed by atoms with Crippen molar-refractivity contribution in [3.05, 3.63) is 41.7 Å². The second-order valence-electron chi connectivity index (χ2n) is 5.13. The smallest absolute Gasteiger partial charge is 0.313 e. The second-order valence-corrected chi connectivity index (χ2v) is 6.08. The number of nitrogens with zero attached hydrogens (tertiary/aromatic N) is 3. The average Bonchev–Trinajstić information content (AvgIpc) is 2.89. The maximum atomic E-state index is 10.8. The van der Waals surface area contributed by atoms with Crippen molar-refractivity contribution < 1.29 is 9.90 Å². The minimum atomic E-state index is -0.854. The molecule has 1 heterocycles. The summed E-state index contributed by atoms with van der Waals surface area (Å²) >= 11 is 1.21. The quantitative estimate of drug-likeness (QED) is 0.830. The number of aliphatic carboxylic acids is 1. The second kappa shape index (κ2) is 6.76. The van der Waals surface area contributed by atoms with Gasteiger partial charge < -0.3 is 5.11 Å². The van der Waals surface area contributed by atoms with E-state index in [0.717, 1.165) is 11.4 Å². The SMILES string of the molecule is CC(C)c1nnc(SCC(=O)O)n1C(C)c1ccccc1. The van der Waals surface area contributed by atoms with Gasteiger partial charge in [0.1, 0.15) is 5.82 Å². The molecule has 6 heteroatoms. The van der Waals surface area contributed by atoms with Crippen LogP contribution in [0.2, 0.25) is 0 Å². The number of hydrogen-bond donors (Lipinski definition) is 1. The van der Waals surface area contributed by atoms with Gasteiger partial charge in [0.2, 0.25) is 0 Å². The fourth-order valence-corrected chi connectivity index (χ4v) is 2.89. The van der Waals surface area contributed by atoms with Gasteiger partial charge in [0.05, 0.1) is 11.8 Å². The van der Waals surface area contributed by atoms with Gasteiger partial charge in [-0.3, -0.25) is 9.36 Å². The molecule has 1 unspecified atom stereocenters. The highest BCUT2D eigenvalue weighted by molar-refractivity contribution is 7.99. The summed E-state index contributed by atoms with van der Waals surface area (Å²) in [5, 5.41) is 17.9. The Labute approximate surface area is 128 Å². The monoisotopic (exact) mass is 305 g/mol. The summed E-state index contributed by atoms with van der Waals surface area (Å²) < 4.78 is 2.04. The summed E-state index contributed by atoms with van der Waals surface area (Å²) in [5.41, 5.74) is 1.15. The van der Waals surface area contributed by atoms with Gasteiger partial charge in [-0.25, -0.2) is 0 Å². The highest BCUT2D eigenvalue weighted by Crippen LogP contribution is 2.28. The predicted molar refractivity (Wildman–Crippen MR) is 82.7 cm³/mol. The molecule has 0 amide bonds. The normalized spacial score (nSPS) is 12.6. The van der Waals surface area contributed by atoms with Gasteiger partial charge in [-0.05, 0) is 12.5 Å². The number of carbonyl (C=O) groups is 1. The molecule has 0 aliphatic rings. The first-order valence-corrected chi connectivity index (χ1v) is 7.83. The maximum Gasteiger partial charge on any atom is 0.313 e. The lowest BCUT2D eigenvalue weighted by Crippen LogP contribution is -2.13. The Bertz CT molecular complexity index is 611. The van der Waals surface area contributed by atoms with Crippen molar-refractivity contribution in [2.24, 2.45) is 0 Å². The molecule has 0 saturated heterocycles. The first kappa shape index (κ1) is 15.6. The van der Waals surface area contributed by atoms with Gasteiger partial charge >= 0.3 is 5.97 Å². The van der Waals surface area contributed by atoms with Gasteiger partial charge in [-0.1, -0.05) is 55.9 Å². The molecule has 21 heavy (non-hydrogen) atoms. The lowest BCUT2D eigenvalue weighted by atomic mass is 10.1. The summed E-state index contributed by atoms with van der Waals surface area (Å²) in [6.07, 6.45) is 0. The van der Waals surface area contributed by atoms with E-state index in [-0.39, 0.29) is 17.7 Å². The number of rotatable bonds is 6. The molecule has 0 aliphatic heterocycles. The molecule has 0 fully saturated rings. The van der Waals surface area contributed by atoms with Crippen molar-refractivity contribution in [2.75, 3.05) is 5.75 Å². The van der Waals surface area contributed by atoms with Crippen molar-refractivity contribution in [3.63, 3.8) is 0 Å². The highest BCUT2D eigenvalue weighted by atomic mass is 32.2. The highest BCUT2D eigenvalue weighted by Gasteiger charge is 2.21. The summed E-state index contributed by atoms with van der Waals surface area (Å²) in [6, 6.07) is 10.1. The molecule has 1 atom stereocenters. The van der Waals surface area contributed by atoms with Gasteiger partial charge in [0.25, 0.3) is 0 Å². The maximum absolute atomic E-state index is 10.8. The van der Waals surface area contributed by atoms with Crippen LogP contribution in [0.4, 0.5) is 0 Å². The average molecular weight is 305 g/mol. The van der Waals surface area contributed by atoms with Gasteiger partial charge in [0, 0.05) is 5.92 Å². The molecular weight excluding hydrogens is 286 g/mol. The Balaban J connectivity index is 2.38. The molecule has 0 saturated carbocycles. The molecule has 112 valence electrons. The van der Waals surface area contributed by atoms with Crippen LogP contribution < -0.4 is 0 Å². The zero-order valence-corrected chi connectivity index (χ0v) is 13.2.